The molecule has 5 nitrogen and oxygen atoms in total. The van der Waals surface area contributed by atoms with Gasteiger partial charge in [0.2, 0.25) is 0 Å². The molecule has 0 aliphatic rings. The number of benzene rings is 4. The maximum absolute atomic E-state index is 12.5. The van der Waals surface area contributed by atoms with Crippen LogP contribution >= 0.6 is 12.2 Å². The van der Waals surface area contributed by atoms with Crippen molar-refractivity contribution >= 4 is 39.7 Å². The summed E-state index contributed by atoms with van der Waals surface area (Å²) >= 11 is 5.33. The van der Waals surface area contributed by atoms with E-state index in [4.69, 9.17) is 21.7 Å². The molecule has 0 radical (unpaired) electrons. The first-order valence-electron chi connectivity index (χ1n) is 10.2. The second-order valence-corrected chi connectivity index (χ2v) is 7.38. The molecular weight excluding hydrogens is 420 g/mol. The van der Waals surface area contributed by atoms with Gasteiger partial charge in [-0.25, -0.2) is 0 Å². The minimum Gasteiger partial charge on any atom is -0.490 e. The van der Waals surface area contributed by atoms with Gasteiger partial charge in [-0.1, -0.05) is 54.6 Å². The van der Waals surface area contributed by atoms with E-state index in [0.29, 0.717) is 24.5 Å². The van der Waals surface area contributed by atoms with Gasteiger partial charge in [0.25, 0.3) is 5.91 Å². The predicted octanol–water partition coefficient (Wildman–Crippen LogP) is 5.42. The molecule has 4 aromatic rings. The van der Waals surface area contributed by atoms with E-state index in [9.17, 15) is 4.79 Å². The van der Waals surface area contributed by atoms with E-state index in [1.165, 1.54) is 0 Å². The van der Waals surface area contributed by atoms with Crippen LogP contribution in [-0.2, 0) is 0 Å². The topological polar surface area (TPSA) is 59.6 Å². The highest BCUT2D eigenvalue weighted by molar-refractivity contribution is 7.80. The maximum atomic E-state index is 12.5. The molecule has 0 saturated heterocycles. The largest absolute Gasteiger partial charge is 0.490 e. The van der Waals surface area contributed by atoms with Crippen molar-refractivity contribution < 1.29 is 14.3 Å². The van der Waals surface area contributed by atoms with Crippen LogP contribution in [0, 0.1) is 0 Å². The third-order valence-electron chi connectivity index (χ3n) is 4.75. The number of para-hydroxylation sites is 1. The lowest BCUT2D eigenvalue weighted by Crippen LogP contribution is -2.34. The Hall–Kier alpha value is -3.90. The lowest BCUT2D eigenvalue weighted by molar-refractivity contribution is 0.0977. The van der Waals surface area contributed by atoms with E-state index in [0.717, 1.165) is 22.2 Å². The van der Waals surface area contributed by atoms with Gasteiger partial charge in [0.1, 0.15) is 24.7 Å². The molecule has 0 fully saturated rings. The number of carbonyl (C=O) groups excluding carboxylic acids is 1. The summed E-state index contributed by atoms with van der Waals surface area (Å²) in [6.07, 6.45) is 0. The first-order chi connectivity index (χ1) is 15.7. The molecule has 0 aliphatic carbocycles. The molecule has 4 aromatic carbocycles. The zero-order chi connectivity index (χ0) is 22.2. The number of nitrogens with one attached hydrogen (secondary N) is 2. The number of carbonyl (C=O) groups is 1. The predicted molar refractivity (Wildman–Crippen MR) is 132 cm³/mol. The molecule has 4 rings (SSSR count). The van der Waals surface area contributed by atoms with Gasteiger partial charge in [-0.15, -0.1) is 0 Å². The van der Waals surface area contributed by atoms with Crippen LogP contribution in [0.3, 0.4) is 0 Å². The number of thiocarbonyl (C=S) groups is 1. The van der Waals surface area contributed by atoms with Gasteiger partial charge in [-0.05, 0) is 60.1 Å². The Balaban J connectivity index is 1.27. The van der Waals surface area contributed by atoms with Crippen molar-refractivity contribution in [1.29, 1.82) is 0 Å². The summed E-state index contributed by atoms with van der Waals surface area (Å²) in [5.74, 6) is 1.17. The SMILES string of the molecule is O=C(NC(=S)Nc1cccc2ccccc12)c1ccc(OCCOc2ccccc2)cc1. The Morgan fingerprint density at radius 2 is 1.34 bits per heavy atom. The summed E-state index contributed by atoms with van der Waals surface area (Å²) in [5, 5.41) is 8.19. The molecule has 160 valence electrons. The van der Waals surface area contributed by atoms with Crippen LogP contribution in [0.1, 0.15) is 10.4 Å². The zero-order valence-corrected chi connectivity index (χ0v) is 18.1. The molecule has 32 heavy (non-hydrogen) atoms. The molecule has 0 saturated carbocycles. The highest BCUT2D eigenvalue weighted by atomic mass is 32.1. The average Bonchev–Trinajstić information content (AvgIpc) is 2.83. The van der Waals surface area contributed by atoms with Crippen molar-refractivity contribution in [1.82, 2.24) is 5.32 Å². The fraction of sp³-hybridized carbons (Fsp3) is 0.0769. The smallest absolute Gasteiger partial charge is 0.257 e. The average molecular weight is 443 g/mol. The van der Waals surface area contributed by atoms with Crippen molar-refractivity contribution in [3.63, 3.8) is 0 Å². The normalized spacial score (nSPS) is 10.4. The number of hydrogen-bond acceptors (Lipinski definition) is 4. The molecule has 0 atom stereocenters. The van der Waals surface area contributed by atoms with E-state index >= 15 is 0 Å². The third-order valence-corrected chi connectivity index (χ3v) is 4.95. The second kappa shape index (κ2) is 10.4. The monoisotopic (exact) mass is 442 g/mol. The van der Waals surface area contributed by atoms with Gasteiger partial charge in [0, 0.05) is 16.6 Å². The highest BCUT2D eigenvalue weighted by Crippen LogP contribution is 2.22. The van der Waals surface area contributed by atoms with Crippen LogP contribution in [0.5, 0.6) is 11.5 Å². The molecule has 0 spiro atoms. The lowest BCUT2D eigenvalue weighted by Gasteiger charge is -2.12. The Bertz CT molecular complexity index is 1210. The molecule has 2 N–H and O–H groups in total. The van der Waals surface area contributed by atoms with Gasteiger partial charge in [0.15, 0.2) is 5.11 Å². The molecule has 1 amide bonds. The highest BCUT2D eigenvalue weighted by Gasteiger charge is 2.09. The molecule has 0 aromatic heterocycles. The van der Waals surface area contributed by atoms with Crippen LogP contribution in [0.4, 0.5) is 5.69 Å². The summed E-state index contributed by atoms with van der Waals surface area (Å²) in [6, 6.07) is 30.3. The van der Waals surface area contributed by atoms with Gasteiger partial charge in [0.05, 0.1) is 0 Å². The van der Waals surface area contributed by atoms with E-state index in [2.05, 4.69) is 10.6 Å². The molecule has 0 heterocycles. The first-order valence-corrected chi connectivity index (χ1v) is 10.6. The van der Waals surface area contributed by atoms with E-state index < -0.39 is 0 Å². The van der Waals surface area contributed by atoms with Gasteiger partial charge < -0.3 is 14.8 Å². The number of ether oxygens (including phenoxy) is 2. The van der Waals surface area contributed by atoms with Crippen LogP contribution in [0.2, 0.25) is 0 Å². The lowest BCUT2D eigenvalue weighted by atomic mass is 10.1. The molecular formula is C26H22N2O3S. The van der Waals surface area contributed by atoms with Crippen LogP contribution in [-0.4, -0.2) is 24.2 Å². The Labute approximate surface area is 192 Å². The fourth-order valence-electron chi connectivity index (χ4n) is 3.20. The number of anilines is 1. The minimum absolute atomic E-state index is 0.241. The Morgan fingerprint density at radius 3 is 2.09 bits per heavy atom. The minimum atomic E-state index is -0.290. The molecule has 0 unspecified atom stereocenters. The van der Waals surface area contributed by atoms with Crippen molar-refractivity contribution in [3.8, 4) is 11.5 Å². The van der Waals surface area contributed by atoms with Crippen molar-refractivity contribution in [3.05, 3.63) is 103 Å². The standard InChI is InChI=1S/C26H22N2O3S/c29-25(28-26(32)27-24-12-6-8-19-7-4-5-11-23(19)24)20-13-15-22(16-14-20)31-18-17-30-21-9-2-1-3-10-21/h1-16H,17-18H2,(H2,27,28,29,32). The van der Waals surface area contributed by atoms with Crippen LogP contribution in [0.25, 0.3) is 10.8 Å². The van der Waals surface area contributed by atoms with Gasteiger partial charge in [-0.2, -0.15) is 0 Å². The summed E-state index contributed by atoms with van der Waals surface area (Å²) < 4.78 is 11.3. The van der Waals surface area contributed by atoms with Gasteiger partial charge in [-0.3, -0.25) is 10.1 Å². The molecule has 6 heteroatoms. The zero-order valence-electron chi connectivity index (χ0n) is 17.3. The number of rotatable bonds is 7. The maximum Gasteiger partial charge on any atom is 0.257 e. The summed E-state index contributed by atoms with van der Waals surface area (Å²) in [5.41, 5.74) is 1.33. The van der Waals surface area contributed by atoms with Crippen LogP contribution in [0.15, 0.2) is 97.1 Å². The van der Waals surface area contributed by atoms with Crippen molar-refractivity contribution in [2.45, 2.75) is 0 Å². The first kappa shape index (κ1) is 21.3. The summed E-state index contributed by atoms with van der Waals surface area (Å²) in [4.78, 5) is 12.5. The second-order valence-electron chi connectivity index (χ2n) is 6.97. The van der Waals surface area contributed by atoms with Crippen molar-refractivity contribution in [2.75, 3.05) is 18.5 Å². The number of fused-ring (bicyclic) bond motifs is 1. The quantitative estimate of drug-likeness (QED) is 0.295. The molecule has 0 aliphatic heterocycles. The third kappa shape index (κ3) is 5.62. The van der Waals surface area contributed by atoms with E-state index in [1.54, 1.807) is 24.3 Å². The van der Waals surface area contributed by atoms with Gasteiger partial charge >= 0.3 is 0 Å². The van der Waals surface area contributed by atoms with Crippen molar-refractivity contribution in [2.24, 2.45) is 0 Å². The van der Waals surface area contributed by atoms with E-state index in [1.807, 2.05) is 72.8 Å². The fourth-order valence-corrected chi connectivity index (χ4v) is 3.40. The Kier molecular flexibility index (Phi) is 6.94. The molecule has 0 bridgehead atoms. The number of hydrogen-bond donors (Lipinski definition) is 2. The number of amides is 1. The summed E-state index contributed by atoms with van der Waals surface area (Å²) in [7, 11) is 0. The van der Waals surface area contributed by atoms with E-state index in [-0.39, 0.29) is 11.0 Å². The van der Waals surface area contributed by atoms with Crippen LogP contribution < -0.4 is 20.1 Å². The Morgan fingerprint density at radius 1 is 0.719 bits per heavy atom. The summed E-state index contributed by atoms with van der Waals surface area (Å²) in [6.45, 7) is 0.833.